The van der Waals surface area contributed by atoms with Crippen molar-refractivity contribution in [2.24, 2.45) is 5.73 Å². The number of unbranched alkanes of at least 4 members (excludes halogenated alkanes) is 1. The smallest absolute Gasteiger partial charge is 0.0186 e. The molecule has 0 radical (unpaired) electrons. The predicted octanol–water partition coefficient (Wildman–Crippen LogP) is 3.13. The molecular weight excluding hydrogens is 170 g/mol. The predicted molar refractivity (Wildman–Crippen MR) is 63.0 cm³/mol. The molecule has 0 heterocycles. The third kappa shape index (κ3) is 2.46. The van der Waals surface area contributed by atoms with E-state index in [1.54, 1.807) is 0 Å². The molecule has 0 atom stereocenters. The third-order valence-electron chi connectivity index (χ3n) is 2.53. The Balaban J connectivity index is 2.96. The monoisotopic (exact) mass is 189 g/mol. The Morgan fingerprint density at radius 3 is 2.79 bits per heavy atom. The molecule has 0 spiro atoms. The molecule has 0 fully saturated rings. The molecule has 2 N–H and O–H groups in total. The van der Waals surface area contributed by atoms with E-state index in [2.05, 4.69) is 31.7 Å². The van der Waals surface area contributed by atoms with Crippen LogP contribution in [0.15, 0.2) is 24.8 Å². The summed E-state index contributed by atoms with van der Waals surface area (Å²) in [6.45, 7) is 6.63. The van der Waals surface area contributed by atoms with Gasteiger partial charge < -0.3 is 5.73 Å². The second-order valence-corrected chi connectivity index (χ2v) is 3.50. The molecule has 14 heavy (non-hydrogen) atoms. The number of hydrogen-bond donors (Lipinski definition) is 1. The molecule has 0 aliphatic carbocycles. The molecular formula is C13H19N. The molecule has 0 aromatic heterocycles. The maximum Gasteiger partial charge on any atom is 0.0186 e. The Hall–Kier alpha value is -1.08. The normalized spacial score (nSPS) is 10.1. The van der Waals surface area contributed by atoms with Crippen LogP contribution in [0.4, 0.5) is 0 Å². The largest absolute Gasteiger partial charge is 0.326 e. The summed E-state index contributed by atoms with van der Waals surface area (Å²) in [5.74, 6) is 0. The second kappa shape index (κ2) is 5.61. The lowest BCUT2D eigenvalue weighted by Gasteiger charge is -2.10. The van der Waals surface area contributed by atoms with Gasteiger partial charge in [-0.15, -0.1) is 0 Å². The first kappa shape index (κ1) is 11.0. The van der Waals surface area contributed by atoms with Crippen LogP contribution in [-0.2, 0) is 13.0 Å². The zero-order chi connectivity index (χ0) is 10.4. The average molecular weight is 189 g/mol. The number of rotatable bonds is 5. The number of benzene rings is 1. The van der Waals surface area contributed by atoms with Crippen LogP contribution < -0.4 is 5.73 Å². The summed E-state index contributed by atoms with van der Waals surface area (Å²) in [4.78, 5) is 0. The number of hydrogen-bond acceptors (Lipinski definition) is 1. The minimum absolute atomic E-state index is 0.612. The highest BCUT2D eigenvalue weighted by atomic mass is 14.5. The van der Waals surface area contributed by atoms with Crippen LogP contribution in [0.5, 0.6) is 0 Å². The van der Waals surface area contributed by atoms with Gasteiger partial charge in [0.2, 0.25) is 0 Å². The van der Waals surface area contributed by atoms with Gasteiger partial charge >= 0.3 is 0 Å². The lowest BCUT2D eigenvalue weighted by molar-refractivity contribution is 0.785. The van der Waals surface area contributed by atoms with E-state index in [1.807, 2.05) is 6.08 Å². The fraction of sp³-hybridized carbons (Fsp3) is 0.385. The van der Waals surface area contributed by atoms with E-state index in [9.17, 15) is 0 Å². The van der Waals surface area contributed by atoms with E-state index in [1.165, 1.54) is 29.5 Å². The van der Waals surface area contributed by atoms with E-state index >= 15 is 0 Å². The Kier molecular flexibility index (Phi) is 4.41. The van der Waals surface area contributed by atoms with Crippen LogP contribution in [0, 0.1) is 0 Å². The van der Waals surface area contributed by atoms with Crippen molar-refractivity contribution in [3.8, 4) is 0 Å². The fourth-order valence-corrected chi connectivity index (χ4v) is 1.70. The standard InChI is InChI=1S/C13H19N/c1-3-5-7-12-9-6-8-11(4-2)13(12)10-14/h4,6,8-9H,2-3,5,7,10,14H2,1H3. The first-order chi connectivity index (χ1) is 6.83. The van der Waals surface area contributed by atoms with Crippen LogP contribution in [-0.4, -0.2) is 0 Å². The zero-order valence-electron chi connectivity index (χ0n) is 8.92. The molecule has 0 saturated heterocycles. The number of nitrogens with two attached hydrogens (primary N) is 1. The Morgan fingerprint density at radius 2 is 2.21 bits per heavy atom. The van der Waals surface area contributed by atoms with Crippen molar-refractivity contribution in [3.05, 3.63) is 41.5 Å². The van der Waals surface area contributed by atoms with E-state index in [-0.39, 0.29) is 0 Å². The molecule has 0 saturated carbocycles. The first-order valence-corrected chi connectivity index (χ1v) is 5.26. The summed E-state index contributed by atoms with van der Waals surface area (Å²) in [5.41, 5.74) is 9.57. The van der Waals surface area contributed by atoms with Gasteiger partial charge in [0.25, 0.3) is 0 Å². The molecule has 1 rings (SSSR count). The third-order valence-corrected chi connectivity index (χ3v) is 2.53. The second-order valence-electron chi connectivity index (χ2n) is 3.50. The Labute approximate surface area is 86.6 Å². The highest BCUT2D eigenvalue weighted by Crippen LogP contribution is 2.17. The Morgan fingerprint density at radius 1 is 1.43 bits per heavy atom. The topological polar surface area (TPSA) is 26.0 Å². The molecule has 0 bridgehead atoms. The first-order valence-electron chi connectivity index (χ1n) is 5.26. The molecule has 0 aliphatic rings. The van der Waals surface area contributed by atoms with Crippen molar-refractivity contribution in [2.45, 2.75) is 32.7 Å². The Bertz CT molecular complexity index is 302. The summed E-state index contributed by atoms with van der Waals surface area (Å²) >= 11 is 0. The fourth-order valence-electron chi connectivity index (χ4n) is 1.70. The van der Waals surface area contributed by atoms with E-state index in [0.717, 1.165) is 6.42 Å². The van der Waals surface area contributed by atoms with Crippen LogP contribution in [0.2, 0.25) is 0 Å². The molecule has 76 valence electrons. The maximum absolute atomic E-state index is 5.75. The summed E-state index contributed by atoms with van der Waals surface area (Å²) < 4.78 is 0. The van der Waals surface area contributed by atoms with Crippen molar-refractivity contribution in [1.29, 1.82) is 0 Å². The van der Waals surface area contributed by atoms with Crippen molar-refractivity contribution in [3.63, 3.8) is 0 Å². The molecule has 1 aromatic carbocycles. The molecule has 1 heteroatoms. The van der Waals surface area contributed by atoms with Crippen molar-refractivity contribution in [1.82, 2.24) is 0 Å². The van der Waals surface area contributed by atoms with Crippen LogP contribution in [0.25, 0.3) is 6.08 Å². The number of aryl methyl sites for hydroxylation is 1. The molecule has 0 aliphatic heterocycles. The van der Waals surface area contributed by atoms with Gasteiger partial charge in [-0.1, -0.05) is 44.2 Å². The minimum atomic E-state index is 0.612. The van der Waals surface area contributed by atoms with Crippen molar-refractivity contribution >= 4 is 6.08 Å². The van der Waals surface area contributed by atoms with Crippen LogP contribution >= 0.6 is 0 Å². The van der Waals surface area contributed by atoms with E-state index in [4.69, 9.17) is 5.73 Å². The lowest BCUT2D eigenvalue weighted by Crippen LogP contribution is -2.04. The van der Waals surface area contributed by atoms with Crippen molar-refractivity contribution < 1.29 is 0 Å². The van der Waals surface area contributed by atoms with Gasteiger partial charge in [-0.2, -0.15) is 0 Å². The van der Waals surface area contributed by atoms with Gasteiger partial charge in [0, 0.05) is 6.54 Å². The quantitative estimate of drug-likeness (QED) is 0.756. The van der Waals surface area contributed by atoms with Gasteiger partial charge in [0.05, 0.1) is 0 Å². The summed E-state index contributed by atoms with van der Waals surface area (Å²) in [6.07, 6.45) is 5.47. The van der Waals surface area contributed by atoms with Gasteiger partial charge in [0.1, 0.15) is 0 Å². The SMILES string of the molecule is C=Cc1cccc(CCCC)c1CN. The van der Waals surface area contributed by atoms with Crippen LogP contribution in [0.1, 0.15) is 36.5 Å². The molecule has 1 aromatic rings. The molecule has 0 unspecified atom stereocenters. The van der Waals surface area contributed by atoms with Gasteiger partial charge in [-0.05, 0) is 29.5 Å². The van der Waals surface area contributed by atoms with Gasteiger partial charge in [-0.25, -0.2) is 0 Å². The summed E-state index contributed by atoms with van der Waals surface area (Å²) in [7, 11) is 0. The maximum atomic E-state index is 5.75. The summed E-state index contributed by atoms with van der Waals surface area (Å²) in [5, 5.41) is 0. The van der Waals surface area contributed by atoms with E-state index in [0.29, 0.717) is 6.54 Å². The van der Waals surface area contributed by atoms with Gasteiger partial charge in [-0.3, -0.25) is 0 Å². The zero-order valence-corrected chi connectivity index (χ0v) is 8.92. The van der Waals surface area contributed by atoms with Crippen LogP contribution in [0.3, 0.4) is 0 Å². The summed E-state index contributed by atoms with van der Waals surface area (Å²) in [6, 6.07) is 6.33. The molecule has 0 amide bonds. The lowest BCUT2D eigenvalue weighted by atomic mass is 9.97. The average Bonchev–Trinajstić information content (AvgIpc) is 2.25. The van der Waals surface area contributed by atoms with Crippen molar-refractivity contribution in [2.75, 3.05) is 0 Å². The highest BCUT2D eigenvalue weighted by Gasteiger charge is 2.03. The van der Waals surface area contributed by atoms with E-state index < -0.39 is 0 Å². The van der Waals surface area contributed by atoms with Gasteiger partial charge in [0.15, 0.2) is 0 Å². The minimum Gasteiger partial charge on any atom is -0.326 e. The molecule has 1 nitrogen and oxygen atoms in total. The highest BCUT2D eigenvalue weighted by molar-refractivity contribution is 5.54.